The van der Waals surface area contributed by atoms with E-state index >= 15 is 0 Å². The van der Waals surface area contributed by atoms with E-state index in [2.05, 4.69) is 0 Å². The van der Waals surface area contributed by atoms with Gasteiger partial charge in [-0.3, -0.25) is 9.59 Å². The van der Waals surface area contributed by atoms with Gasteiger partial charge in [0.1, 0.15) is 0 Å². The van der Waals surface area contributed by atoms with Crippen LogP contribution in [0.2, 0.25) is 0 Å². The zero-order valence-corrected chi connectivity index (χ0v) is 11.7. The van der Waals surface area contributed by atoms with E-state index in [0.29, 0.717) is 25.9 Å². The minimum Gasteiger partial charge on any atom is -0.481 e. The van der Waals surface area contributed by atoms with Gasteiger partial charge in [0.2, 0.25) is 5.91 Å². The fourth-order valence-corrected chi connectivity index (χ4v) is 2.55. The highest BCUT2D eigenvalue weighted by atomic mass is 16.5. The van der Waals surface area contributed by atoms with Gasteiger partial charge in [-0.15, -0.1) is 0 Å². The van der Waals surface area contributed by atoms with Crippen LogP contribution in [0, 0.1) is 5.41 Å². The molecule has 0 aliphatic carbocycles. The molecule has 1 saturated heterocycles. The molecule has 0 spiro atoms. The van der Waals surface area contributed by atoms with E-state index in [0.717, 1.165) is 6.42 Å². The van der Waals surface area contributed by atoms with Crippen LogP contribution in [0.5, 0.6) is 0 Å². The lowest BCUT2D eigenvalue weighted by Gasteiger charge is -2.39. The summed E-state index contributed by atoms with van der Waals surface area (Å²) < 4.78 is 5.10. The summed E-state index contributed by atoms with van der Waals surface area (Å²) in [6, 6.07) is 0. The second-order valence-corrected chi connectivity index (χ2v) is 5.16. The molecule has 1 fully saturated rings. The maximum absolute atomic E-state index is 12.2. The Kier molecular flexibility index (Phi) is 5.75. The predicted molar refractivity (Wildman–Crippen MR) is 70.6 cm³/mol. The highest BCUT2D eigenvalue weighted by molar-refractivity contribution is 5.80. The van der Waals surface area contributed by atoms with E-state index in [9.17, 15) is 14.7 Å². The number of piperidine rings is 1. The average molecular weight is 272 g/mol. The monoisotopic (exact) mass is 272 g/mol. The summed E-state index contributed by atoms with van der Waals surface area (Å²) in [5.41, 5.74) is 4.71. The van der Waals surface area contributed by atoms with Crippen molar-refractivity contribution in [3.63, 3.8) is 0 Å². The molecule has 2 unspecified atom stereocenters. The maximum atomic E-state index is 12.2. The van der Waals surface area contributed by atoms with Crippen LogP contribution in [0.4, 0.5) is 0 Å². The Morgan fingerprint density at radius 1 is 1.53 bits per heavy atom. The predicted octanol–water partition coefficient (Wildman–Crippen LogP) is 0.454. The summed E-state index contributed by atoms with van der Waals surface area (Å²) in [6.45, 7) is 3.06. The SMILES string of the molecule is CCC1(C(=O)O)CCCN(C(=O)CC(CN)OC)C1. The van der Waals surface area contributed by atoms with Crippen molar-refractivity contribution >= 4 is 11.9 Å². The summed E-state index contributed by atoms with van der Waals surface area (Å²) in [5, 5.41) is 9.38. The molecule has 1 heterocycles. The van der Waals surface area contributed by atoms with Gasteiger partial charge in [0, 0.05) is 26.7 Å². The molecule has 110 valence electrons. The third kappa shape index (κ3) is 3.67. The average Bonchev–Trinajstić information content (AvgIpc) is 2.44. The Labute approximate surface area is 113 Å². The minimum absolute atomic E-state index is 0.0731. The minimum atomic E-state index is -0.811. The molecule has 0 bridgehead atoms. The van der Waals surface area contributed by atoms with E-state index < -0.39 is 11.4 Å². The van der Waals surface area contributed by atoms with E-state index in [-0.39, 0.29) is 25.0 Å². The van der Waals surface area contributed by atoms with Crippen molar-refractivity contribution in [2.45, 2.75) is 38.7 Å². The Hall–Kier alpha value is -1.14. The second kappa shape index (κ2) is 6.86. The molecule has 3 N–H and O–H groups in total. The molecule has 6 heteroatoms. The molecule has 1 aliphatic heterocycles. The van der Waals surface area contributed by atoms with Crippen molar-refractivity contribution in [2.24, 2.45) is 11.1 Å². The number of aliphatic carboxylic acids is 1. The zero-order valence-electron chi connectivity index (χ0n) is 11.7. The van der Waals surface area contributed by atoms with Crippen molar-refractivity contribution in [3.05, 3.63) is 0 Å². The molecule has 1 amide bonds. The number of carboxylic acid groups (broad SMARTS) is 1. The highest BCUT2D eigenvalue weighted by Crippen LogP contribution is 2.33. The number of methoxy groups -OCH3 is 1. The zero-order chi connectivity index (χ0) is 14.5. The van der Waals surface area contributed by atoms with Crippen LogP contribution >= 0.6 is 0 Å². The number of ether oxygens (including phenoxy) is 1. The van der Waals surface area contributed by atoms with Crippen LogP contribution in [-0.2, 0) is 14.3 Å². The van der Waals surface area contributed by atoms with Crippen LogP contribution in [0.3, 0.4) is 0 Å². The fourth-order valence-electron chi connectivity index (χ4n) is 2.55. The van der Waals surface area contributed by atoms with Gasteiger partial charge in [-0.2, -0.15) is 0 Å². The van der Waals surface area contributed by atoms with Gasteiger partial charge < -0.3 is 20.5 Å². The molecule has 0 saturated carbocycles. The summed E-state index contributed by atoms with van der Waals surface area (Å²) in [5.74, 6) is -0.884. The summed E-state index contributed by atoms with van der Waals surface area (Å²) in [6.07, 6.45) is 1.82. The van der Waals surface area contributed by atoms with Gasteiger partial charge in [0.05, 0.1) is 17.9 Å². The number of nitrogens with two attached hydrogens (primary N) is 1. The smallest absolute Gasteiger partial charge is 0.311 e. The van der Waals surface area contributed by atoms with Gasteiger partial charge in [-0.25, -0.2) is 0 Å². The Balaban J connectivity index is 2.68. The number of carbonyl (C=O) groups excluding carboxylic acids is 1. The first-order valence-corrected chi connectivity index (χ1v) is 6.73. The van der Waals surface area contributed by atoms with E-state index in [1.807, 2.05) is 6.92 Å². The van der Waals surface area contributed by atoms with Crippen LogP contribution < -0.4 is 5.73 Å². The number of hydrogen-bond donors (Lipinski definition) is 2. The quantitative estimate of drug-likeness (QED) is 0.732. The molecule has 1 rings (SSSR count). The first kappa shape index (κ1) is 15.9. The molecule has 0 aromatic rings. The molecule has 1 aliphatic rings. The van der Waals surface area contributed by atoms with Crippen molar-refractivity contribution < 1.29 is 19.4 Å². The summed E-state index contributed by atoms with van der Waals surface area (Å²) >= 11 is 0. The number of amides is 1. The molecular weight excluding hydrogens is 248 g/mol. The number of carboxylic acids is 1. The molecular formula is C13H24N2O4. The lowest BCUT2D eigenvalue weighted by atomic mass is 9.77. The van der Waals surface area contributed by atoms with Crippen molar-refractivity contribution in [2.75, 3.05) is 26.7 Å². The summed E-state index contributed by atoms with van der Waals surface area (Å²) in [7, 11) is 1.52. The van der Waals surface area contributed by atoms with Crippen molar-refractivity contribution in [1.29, 1.82) is 0 Å². The van der Waals surface area contributed by atoms with Gasteiger partial charge in [0.15, 0.2) is 0 Å². The fraction of sp³-hybridized carbons (Fsp3) is 0.846. The van der Waals surface area contributed by atoms with E-state index in [4.69, 9.17) is 10.5 Å². The molecule has 19 heavy (non-hydrogen) atoms. The summed E-state index contributed by atoms with van der Waals surface area (Å²) in [4.78, 5) is 25.2. The molecule has 0 aromatic heterocycles. The van der Waals surface area contributed by atoms with Crippen LogP contribution in [-0.4, -0.2) is 54.7 Å². The molecule has 2 atom stereocenters. The first-order valence-electron chi connectivity index (χ1n) is 6.73. The number of nitrogens with zero attached hydrogens (tertiary/aromatic N) is 1. The third-order valence-electron chi connectivity index (χ3n) is 4.06. The molecule has 0 aromatic carbocycles. The molecule has 0 radical (unpaired) electrons. The topological polar surface area (TPSA) is 92.9 Å². The number of rotatable bonds is 6. The van der Waals surface area contributed by atoms with E-state index in [1.54, 1.807) is 4.90 Å². The second-order valence-electron chi connectivity index (χ2n) is 5.16. The van der Waals surface area contributed by atoms with E-state index in [1.165, 1.54) is 7.11 Å². The normalized spacial score (nSPS) is 25.1. The maximum Gasteiger partial charge on any atom is 0.311 e. The van der Waals surface area contributed by atoms with Crippen LogP contribution in [0.1, 0.15) is 32.6 Å². The lowest BCUT2D eigenvalue weighted by Crippen LogP contribution is -2.50. The van der Waals surface area contributed by atoms with Crippen LogP contribution in [0.25, 0.3) is 0 Å². The standard InChI is InChI=1S/C13H24N2O4/c1-3-13(12(17)18)5-4-6-15(9-13)11(16)7-10(8-14)19-2/h10H,3-9,14H2,1-2H3,(H,17,18). The lowest BCUT2D eigenvalue weighted by molar-refractivity contribution is -0.155. The third-order valence-corrected chi connectivity index (χ3v) is 4.06. The van der Waals surface area contributed by atoms with Crippen molar-refractivity contribution in [3.8, 4) is 0 Å². The Morgan fingerprint density at radius 3 is 2.68 bits per heavy atom. The van der Waals surface area contributed by atoms with Crippen LogP contribution in [0.15, 0.2) is 0 Å². The highest BCUT2D eigenvalue weighted by Gasteiger charge is 2.42. The molecule has 6 nitrogen and oxygen atoms in total. The van der Waals surface area contributed by atoms with Gasteiger partial charge in [0.25, 0.3) is 0 Å². The number of carbonyl (C=O) groups is 2. The van der Waals surface area contributed by atoms with Gasteiger partial charge >= 0.3 is 5.97 Å². The first-order chi connectivity index (χ1) is 8.99. The van der Waals surface area contributed by atoms with Gasteiger partial charge in [-0.1, -0.05) is 6.92 Å². The van der Waals surface area contributed by atoms with Crippen molar-refractivity contribution in [1.82, 2.24) is 4.90 Å². The Bertz CT molecular complexity index is 331. The number of hydrogen-bond acceptors (Lipinski definition) is 4. The Morgan fingerprint density at radius 2 is 2.21 bits per heavy atom. The largest absolute Gasteiger partial charge is 0.481 e. The van der Waals surface area contributed by atoms with Gasteiger partial charge in [-0.05, 0) is 19.3 Å². The number of likely N-dealkylation sites (tertiary alicyclic amines) is 1.